The van der Waals surface area contributed by atoms with Gasteiger partial charge >= 0.3 is 0 Å². The van der Waals surface area contributed by atoms with Gasteiger partial charge in [-0.2, -0.15) is 10.2 Å². The van der Waals surface area contributed by atoms with Crippen LogP contribution in [0.1, 0.15) is 71.5 Å². The molecule has 4 aromatic rings. The molecule has 5 aliphatic heterocycles. The molecule has 2 unspecified atom stereocenters. The molecule has 0 radical (unpaired) electrons. The minimum atomic E-state index is -0.675. The Balaban J connectivity index is 0.760. The van der Waals surface area contributed by atoms with E-state index in [1.165, 1.54) is 31.2 Å². The third-order valence-corrected chi connectivity index (χ3v) is 13.2. The second-order valence-electron chi connectivity index (χ2n) is 16.1. The van der Waals surface area contributed by atoms with Crippen molar-refractivity contribution in [3.05, 3.63) is 75.9 Å². The van der Waals surface area contributed by atoms with Crippen LogP contribution in [0.2, 0.25) is 5.02 Å². The zero-order valence-electron chi connectivity index (χ0n) is 32.3. The number of fused-ring (bicyclic) bond motifs is 2. The summed E-state index contributed by atoms with van der Waals surface area (Å²) in [4.78, 5) is 57.1. The minimum absolute atomic E-state index is 0.216. The Morgan fingerprint density at radius 2 is 1.72 bits per heavy atom. The molecular formula is C43H48ClN9O4. The van der Waals surface area contributed by atoms with E-state index in [2.05, 4.69) is 66.3 Å². The molecule has 57 heavy (non-hydrogen) atoms. The zero-order chi connectivity index (χ0) is 39.2. The first kappa shape index (κ1) is 37.3. The average molecular weight is 790 g/mol. The molecule has 0 saturated carbocycles. The highest BCUT2D eigenvalue weighted by molar-refractivity contribution is 6.36. The van der Waals surface area contributed by atoms with Crippen molar-refractivity contribution < 1.29 is 19.1 Å². The molecule has 296 valence electrons. The predicted octanol–water partition coefficient (Wildman–Crippen LogP) is 5.28. The summed E-state index contributed by atoms with van der Waals surface area (Å²) in [5.41, 5.74) is 6.53. The molecule has 9 rings (SSSR count). The third kappa shape index (κ3) is 7.14. The number of nitriles is 1. The number of hydrogen-bond donors (Lipinski definition) is 2. The summed E-state index contributed by atoms with van der Waals surface area (Å²) in [6, 6.07) is 16.8. The van der Waals surface area contributed by atoms with E-state index in [0.29, 0.717) is 41.0 Å². The number of pyridine rings is 1. The number of hydrogen-bond acceptors (Lipinski definition) is 10. The quantitative estimate of drug-likeness (QED) is 0.227. The van der Waals surface area contributed by atoms with Crippen molar-refractivity contribution >= 4 is 57.4 Å². The number of carbonyl (C=O) groups excluding carboxylic acids is 3. The largest absolute Gasteiger partial charge is 0.480 e. The lowest BCUT2D eigenvalue weighted by Crippen LogP contribution is -2.52. The van der Waals surface area contributed by atoms with E-state index in [4.69, 9.17) is 21.3 Å². The number of piperazine rings is 1. The summed E-state index contributed by atoms with van der Waals surface area (Å²) in [6.45, 7) is 8.97. The molecular weight excluding hydrogens is 742 g/mol. The molecule has 0 spiro atoms. The first-order valence-electron chi connectivity index (χ1n) is 20.3. The molecule has 7 heterocycles. The maximum atomic E-state index is 13.4. The van der Waals surface area contributed by atoms with Gasteiger partial charge in [0.25, 0.3) is 5.91 Å². The van der Waals surface area contributed by atoms with Crippen molar-refractivity contribution in [2.45, 2.75) is 57.0 Å². The van der Waals surface area contributed by atoms with E-state index >= 15 is 0 Å². The summed E-state index contributed by atoms with van der Waals surface area (Å²) >= 11 is 6.50. The molecule has 4 fully saturated rings. The predicted molar refractivity (Wildman–Crippen MR) is 219 cm³/mol. The molecule has 2 aromatic carbocycles. The highest BCUT2D eigenvalue weighted by Gasteiger charge is 2.41. The number of piperidine rings is 3. The van der Waals surface area contributed by atoms with Gasteiger partial charge in [-0.25, -0.2) is 0 Å². The highest BCUT2D eigenvalue weighted by atomic mass is 35.5. The summed E-state index contributed by atoms with van der Waals surface area (Å²) in [5, 5.41) is 13.4. The van der Waals surface area contributed by atoms with E-state index in [1.54, 1.807) is 11.1 Å². The highest BCUT2D eigenvalue weighted by Crippen LogP contribution is 2.39. The Morgan fingerprint density at radius 3 is 2.46 bits per heavy atom. The van der Waals surface area contributed by atoms with Crippen LogP contribution in [-0.2, 0) is 16.1 Å². The fourth-order valence-electron chi connectivity index (χ4n) is 9.72. The number of H-pyrrole nitrogens is 1. The molecule has 0 bridgehead atoms. The topological polar surface area (TPSA) is 141 Å². The third-order valence-electron chi connectivity index (χ3n) is 12.9. The molecule has 13 nitrogen and oxygen atoms in total. The van der Waals surface area contributed by atoms with Crippen LogP contribution in [0.3, 0.4) is 0 Å². The first-order valence-corrected chi connectivity index (χ1v) is 20.6. The maximum Gasteiger partial charge on any atom is 0.260 e. The zero-order valence-corrected chi connectivity index (χ0v) is 33.1. The lowest BCUT2D eigenvalue weighted by atomic mass is 9.89. The molecule has 2 aromatic heterocycles. The van der Waals surface area contributed by atoms with Crippen LogP contribution >= 0.6 is 11.6 Å². The van der Waals surface area contributed by atoms with Gasteiger partial charge in [-0.3, -0.25) is 24.6 Å². The Hall–Kier alpha value is -5.32. The fraction of sp³-hybridized carbons (Fsp3) is 0.465. The molecule has 5 aliphatic rings. The number of aromatic amines is 1. The van der Waals surface area contributed by atoms with Crippen LogP contribution in [0, 0.1) is 17.2 Å². The van der Waals surface area contributed by atoms with Crippen LogP contribution in [0.5, 0.6) is 5.88 Å². The Labute approximate surface area is 337 Å². The van der Waals surface area contributed by atoms with Crippen LogP contribution in [0.15, 0.2) is 48.7 Å². The van der Waals surface area contributed by atoms with E-state index < -0.39 is 11.9 Å². The van der Waals surface area contributed by atoms with Crippen LogP contribution < -0.4 is 24.8 Å². The number of benzene rings is 2. The number of halogens is 1. The normalized spacial score (nSPS) is 22.2. The van der Waals surface area contributed by atoms with Gasteiger partial charge in [0.05, 0.1) is 28.9 Å². The molecule has 14 heteroatoms. The molecule has 3 amide bonds. The number of methoxy groups -OCH3 is 1. The van der Waals surface area contributed by atoms with Crippen LogP contribution in [-0.4, -0.2) is 110 Å². The summed E-state index contributed by atoms with van der Waals surface area (Å²) in [6.07, 6.45) is 6.90. The fourth-order valence-corrected chi connectivity index (χ4v) is 9.98. The summed E-state index contributed by atoms with van der Waals surface area (Å²) < 4.78 is 5.60. The van der Waals surface area contributed by atoms with Gasteiger partial charge in [-0.05, 0) is 79.5 Å². The van der Waals surface area contributed by atoms with Crippen molar-refractivity contribution in [2.24, 2.45) is 5.92 Å². The number of anilines is 3. The van der Waals surface area contributed by atoms with Crippen molar-refractivity contribution in [3.63, 3.8) is 0 Å². The maximum absolute atomic E-state index is 13.4. The van der Waals surface area contributed by atoms with Crippen LogP contribution in [0.4, 0.5) is 17.2 Å². The first-order chi connectivity index (χ1) is 27.8. The second-order valence-corrected chi connectivity index (χ2v) is 16.6. The van der Waals surface area contributed by atoms with Gasteiger partial charge < -0.3 is 29.3 Å². The van der Waals surface area contributed by atoms with Gasteiger partial charge in [0, 0.05) is 95.1 Å². The van der Waals surface area contributed by atoms with Gasteiger partial charge in [0.15, 0.2) is 0 Å². The van der Waals surface area contributed by atoms with Gasteiger partial charge in [0.2, 0.25) is 17.7 Å². The summed E-state index contributed by atoms with van der Waals surface area (Å²) in [5.74, 6) is 1.17. The number of ether oxygens (including phenoxy) is 1. The van der Waals surface area contributed by atoms with Crippen molar-refractivity contribution in [1.82, 2.24) is 25.1 Å². The monoisotopic (exact) mass is 789 g/mol. The number of carbonyl (C=O) groups is 3. The Kier molecular flexibility index (Phi) is 10.2. The van der Waals surface area contributed by atoms with E-state index in [1.807, 2.05) is 12.1 Å². The molecule has 0 aliphatic carbocycles. The van der Waals surface area contributed by atoms with Crippen molar-refractivity contribution in [1.29, 1.82) is 5.26 Å². The van der Waals surface area contributed by atoms with E-state index in [-0.39, 0.29) is 24.1 Å². The SMILES string of the molecule is COc1nc(N2CCN(CC3CCN(c4ccc(C5CCCN(c6ccc(Cl)c7c(C#N)c[nH]c67)C5)cc4)CC3)CC2)cc2c1C(=O)N(C1CCC(=O)NC1=O)C2. The smallest absolute Gasteiger partial charge is 0.260 e. The molecule has 4 saturated heterocycles. The second kappa shape index (κ2) is 15.6. The minimum Gasteiger partial charge on any atom is -0.480 e. The number of amides is 3. The Bertz CT molecular complexity index is 2240. The molecule has 2 atom stereocenters. The van der Waals surface area contributed by atoms with Gasteiger partial charge in [-0.15, -0.1) is 0 Å². The number of imide groups is 1. The van der Waals surface area contributed by atoms with Crippen molar-refractivity contribution in [2.75, 3.05) is 80.7 Å². The summed E-state index contributed by atoms with van der Waals surface area (Å²) in [7, 11) is 1.52. The average Bonchev–Trinajstić information content (AvgIpc) is 3.83. The van der Waals surface area contributed by atoms with E-state index in [0.717, 1.165) is 99.7 Å². The number of aromatic nitrogens is 2. The Morgan fingerprint density at radius 1 is 0.930 bits per heavy atom. The standard InChI is InChI=1S/C43H48ClN9O4/c1-57-42-39-30(26-53(43(39)56)35-10-11-37(54)48-41(35)55)21-36(47-42)51-19-17-49(18-20-51)24-27-12-15-50(16-13-27)32-6-4-28(5-7-32)29-3-2-14-52(25-29)34-9-8-33(44)38-31(22-45)23-46-40(34)38/h4-9,21,23,27,29,35,46H,2-3,10-20,24-26H2,1H3,(H,48,54,55). The van der Waals surface area contributed by atoms with Gasteiger partial charge in [0.1, 0.15) is 23.5 Å². The number of nitrogens with zero attached hydrogens (tertiary/aromatic N) is 7. The van der Waals surface area contributed by atoms with Crippen molar-refractivity contribution in [3.8, 4) is 11.9 Å². The van der Waals surface area contributed by atoms with Crippen LogP contribution in [0.25, 0.3) is 10.9 Å². The van der Waals surface area contributed by atoms with E-state index in [9.17, 15) is 19.6 Å². The lowest BCUT2D eigenvalue weighted by Gasteiger charge is -2.40. The number of rotatable bonds is 8. The lowest BCUT2D eigenvalue weighted by molar-refractivity contribution is -0.136. The van der Waals surface area contributed by atoms with Gasteiger partial charge in [-0.1, -0.05) is 23.7 Å². The number of nitrogens with one attached hydrogen (secondary N) is 2. The molecule has 2 N–H and O–H groups in total.